The van der Waals surface area contributed by atoms with Crippen molar-refractivity contribution >= 4 is 63.7 Å². The molecule has 2 atom stereocenters. The molecule has 2 rings (SSSR count). The lowest BCUT2D eigenvalue weighted by Crippen LogP contribution is -2.56. The van der Waals surface area contributed by atoms with Crippen molar-refractivity contribution in [2.75, 3.05) is 0 Å². The minimum atomic E-state index is 0.256. The Labute approximate surface area is 148 Å². The zero-order valence-corrected chi connectivity index (χ0v) is 17.2. The van der Waals surface area contributed by atoms with Crippen molar-refractivity contribution in [1.29, 1.82) is 0 Å². The number of halogens is 4. The van der Waals surface area contributed by atoms with Crippen molar-refractivity contribution in [3.8, 4) is 5.75 Å². The summed E-state index contributed by atoms with van der Waals surface area (Å²) in [5.41, 5.74) is 0.256. The van der Waals surface area contributed by atoms with Gasteiger partial charge in [0.25, 0.3) is 0 Å². The first-order chi connectivity index (χ1) is 8.94. The van der Waals surface area contributed by atoms with E-state index in [9.17, 15) is 0 Å². The smallest absolute Gasteiger partial charge is 0.148 e. The Morgan fingerprint density at radius 3 is 2.11 bits per heavy atom. The molecular weight excluding hydrogens is 504 g/mol. The van der Waals surface area contributed by atoms with Gasteiger partial charge in [-0.25, -0.2) is 0 Å². The average Bonchev–Trinajstić information content (AvgIpc) is 2.33. The molecule has 0 aromatic heterocycles. The normalized spacial score (nSPS) is 24.9. The first-order valence-electron chi connectivity index (χ1n) is 6.39. The van der Waals surface area contributed by atoms with Gasteiger partial charge in [-0.2, -0.15) is 0 Å². The Morgan fingerprint density at radius 2 is 1.68 bits per heavy atom. The third-order valence-corrected chi connectivity index (χ3v) is 7.15. The highest BCUT2D eigenvalue weighted by Gasteiger charge is 2.53. The summed E-state index contributed by atoms with van der Waals surface area (Å²) in [6.07, 6.45) is 3.61. The van der Waals surface area contributed by atoms with Gasteiger partial charge in [0, 0.05) is 14.7 Å². The molecule has 1 fully saturated rings. The maximum Gasteiger partial charge on any atom is 0.148 e. The maximum absolute atomic E-state index is 6.29. The predicted octanol–water partition coefficient (Wildman–Crippen LogP) is 6.70. The summed E-state index contributed by atoms with van der Waals surface area (Å²) in [5, 5.41) is 0. The first kappa shape index (κ1) is 16.3. The van der Waals surface area contributed by atoms with Crippen LogP contribution in [0.15, 0.2) is 25.6 Å². The van der Waals surface area contributed by atoms with E-state index in [4.69, 9.17) is 4.74 Å². The SMILES string of the molecule is CCC1(CC)C(Br)CC1Oc1c(Br)cc(Br)cc1Br. The van der Waals surface area contributed by atoms with Gasteiger partial charge < -0.3 is 4.74 Å². The quantitative estimate of drug-likeness (QED) is 0.403. The molecule has 0 heterocycles. The van der Waals surface area contributed by atoms with Crippen LogP contribution in [0.25, 0.3) is 0 Å². The fourth-order valence-corrected chi connectivity index (χ4v) is 6.52. The van der Waals surface area contributed by atoms with E-state index in [0.717, 1.165) is 38.4 Å². The Morgan fingerprint density at radius 1 is 1.16 bits per heavy atom. The molecule has 0 N–H and O–H groups in total. The topological polar surface area (TPSA) is 9.23 Å². The monoisotopic (exact) mass is 516 g/mol. The lowest BCUT2D eigenvalue weighted by molar-refractivity contribution is -0.0419. The van der Waals surface area contributed by atoms with Crippen LogP contribution >= 0.6 is 63.7 Å². The number of rotatable bonds is 4. The second kappa shape index (κ2) is 6.37. The molecule has 0 aliphatic heterocycles. The summed E-state index contributed by atoms with van der Waals surface area (Å²) < 4.78 is 9.28. The Kier molecular flexibility index (Phi) is 5.47. The van der Waals surface area contributed by atoms with E-state index in [-0.39, 0.29) is 11.5 Å². The summed E-state index contributed by atoms with van der Waals surface area (Å²) in [6, 6.07) is 4.04. The molecule has 0 spiro atoms. The minimum absolute atomic E-state index is 0.256. The van der Waals surface area contributed by atoms with Crippen LogP contribution in [-0.2, 0) is 0 Å². The summed E-state index contributed by atoms with van der Waals surface area (Å²) >= 11 is 14.4. The van der Waals surface area contributed by atoms with Crippen LogP contribution in [0.1, 0.15) is 33.1 Å². The molecule has 0 bridgehead atoms. The van der Waals surface area contributed by atoms with E-state index in [0.29, 0.717) is 4.83 Å². The highest BCUT2D eigenvalue weighted by molar-refractivity contribution is 9.11. The standard InChI is InChI=1S/C14H16Br4O/c1-3-14(4-2)11(18)7-12(14)19-13-9(16)5-8(15)6-10(13)17/h5-6,11-12H,3-4,7H2,1-2H3. The molecule has 1 saturated carbocycles. The van der Waals surface area contributed by atoms with Crippen molar-refractivity contribution in [2.24, 2.45) is 5.41 Å². The third kappa shape index (κ3) is 2.95. The third-order valence-electron chi connectivity index (χ3n) is 4.23. The van der Waals surface area contributed by atoms with Gasteiger partial charge in [-0.3, -0.25) is 0 Å². The number of benzene rings is 1. The average molecular weight is 520 g/mol. The van der Waals surface area contributed by atoms with E-state index in [2.05, 4.69) is 77.6 Å². The Balaban J connectivity index is 2.23. The molecule has 2 unspecified atom stereocenters. The minimum Gasteiger partial charge on any atom is -0.487 e. The summed E-state index contributed by atoms with van der Waals surface area (Å²) in [6.45, 7) is 4.50. The van der Waals surface area contributed by atoms with Crippen LogP contribution < -0.4 is 4.74 Å². The van der Waals surface area contributed by atoms with Crippen molar-refractivity contribution in [2.45, 2.75) is 44.0 Å². The van der Waals surface area contributed by atoms with E-state index in [1.165, 1.54) is 0 Å². The van der Waals surface area contributed by atoms with Crippen molar-refractivity contribution in [3.63, 3.8) is 0 Å². The molecule has 19 heavy (non-hydrogen) atoms. The van der Waals surface area contributed by atoms with Gasteiger partial charge >= 0.3 is 0 Å². The molecule has 0 amide bonds. The molecule has 1 aromatic carbocycles. The second-order valence-electron chi connectivity index (χ2n) is 4.95. The molecule has 0 radical (unpaired) electrons. The van der Waals surface area contributed by atoms with Crippen molar-refractivity contribution < 1.29 is 4.74 Å². The van der Waals surface area contributed by atoms with E-state index in [1.807, 2.05) is 12.1 Å². The van der Waals surface area contributed by atoms with Crippen LogP contribution in [-0.4, -0.2) is 10.9 Å². The van der Waals surface area contributed by atoms with Crippen LogP contribution in [0.3, 0.4) is 0 Å². The van der Waals surface area contributed by atoms with Gasteiger partial charge in [-0.15, -0.1) is 0 Å². The van der Waals surface area contributed by atoms with Gasteiger partial charge in [0.2, 0.25) is 0 Å². The molecule has 5 heteroatoms. The van der Waals surface area contributed by atoms with Gasteiger partial charge in [0.15, 0.2) is 0 Å². The highest BCUT2D eigenvalue weighted by Crippen LogP contribution is 2.53. The van der Waals surface area contributed by atoms with Crippen molar-refractivity contribution in [1.82, 2.24) is 0 Å². The van der Waals surface area contributed by atoms with E-state index >= 15 is 0 Å². The number of ether oxygens (including phenoxy) is 1. The van der Waals surface area contributed by atoms with Crippen molar-refractivity contribution in [3.05, 3.63) is 25.6 Å². The van der Waals surface area contributed by atoms with E-state index < -0.39 is 0 Å². The molecule has 1 aliphatic carbocycles. The second-order valence-corrected chi connectivity index (χ2v) is 8.68. The maximum atomic E-state index is 6.29. The number of alkyl halides is 1. The Hall–Kier alpha value is 0.940. The highest BCUT2D eigenvalue weighted by atomic mass is 79.9. The van der Waals surface area contributed by atoms with Crippen LogP contribution in [0.4, 0.5) is 0 Å². The van der Waals surface area contributed by atoms with Gasteiger partial charge in [-0.05, 0) is 63.3 Å². The van der Waals surface area contributed by atoms with Crippen LogP contribution in [0.5, 0.6) is 5.75 Å². The predicted molar refractivity (Wildman–Crippen MR) is 94.3 cm³/mol. The lowest BCUT2D eigenvalue weighted by Gasteiger charge is -2.52. The molecule has 0 saturated heterocycles. The lowest BCUT2D eigenvalue weighted by atomic mass is 9.62. The molecule has 1 aliphatic rings. The molecule has 1 nitrogen and oxygen atoms in total. The summed E-state index contributed by atoms with van der Waals surface area (Å²) in [7, 11) is 0. The van der Waals surface area contributed by atoms with Gasteiger partial charge in [0.1, 0.15) is 11.9 Å². The van der Waals surface area contributed by atoms with Crippen LogP contribution in [0, 0.1) is 5.41 Å². The largest absolute Gasteiger partial charge is 0.487 e. The van der Waals surface area contributed by atoms with E-state index in [1.54, 1.807) is 0 Å². The number of hydrogen-bond donors (Lipinski definition) is 0. The zero-order valence-electron chi connectivity index (χ0n) is 10.9. The van der Waals surface area contributed by atoms with Crippen LogP contribution in [0.2, 0.25) is 0 Å². The van der Waals surface area contributed by atoms with Gasteiger partial charge in [0.05, 0.1) is 8.95 Å². The molecule has 106 valence electrons. The fraction of sp³-hybridized carbons (Fsp3) is 0.571. The summed E-state index contributed by atoms with van der Waals surface area (Å²) in [5.74, 6) is 0.902. The zero-order chi connectivity index (χ0) is 14.2. The molecular formula is C14H16Br4O. The van der Waals surface area contributed by atoms with Gasteiger partial charge in [-0.1, -0.05) is 45.7 Å². The number of hydrogen-bond acceptors (Lipinski definition) is 1. The first-order valence-corrected chi connectivity index (χ1v) is 9.69. The summed E-state index contributed by atoms with van der Waals surface area (Å²) in [4.78, 5) is 0.563. The fourth-order valence-electron chi connectivity index (χ4n) is 2.80. The Bertz CT molecular complexity index is 448. The molecule has 1 aromatic rings.